The molecule has 0 radical (unpaired) electrons. The number of aromatic nitrogens is 2. The van der Waals surface area contributed by atoms with E-state index in [1.165, 1.54) is 5.56 Å². The maximum absolute atomic E-state index is 10.9. The largest absolute Gasteiger partial charge is 0.493 e. The van der Waals surface area contributed by atoms with E-state index in [9.17, 15) is 4.79 Å². The molecule has 0 saturated heterocycles. The van der Waals surface area contributed by atoms with Gasteiger partial charge in [0.05, 0.1) is 13.2 Å². The van der Waals surface area contributed by atoms with Crippen LogP contribution in [-0.2, 0) is 6.54 Å². The summed E-state index contributed by atoms with van der Waals surface area (Å²) < 4.78 is 10.8. The van der Waals surface area contributed by atoms with E-state index >= 15 is 0 Å². The van der Waals surface area contributed by atoms with Crippen molar-refractivity contribution in [2.24, 2.45) is 5.73 Å². The Hall–Kier alpha value is -2.41. The van der Waals surface area contributed by atoms with Gasteiger partial charge in [-0.3, -0.25) is 9.69 Å². The number of carbonyl (C=O) groups is 1. The summed E-state index contributed by atoms with van der Waals surface area (Å²) in [6.07, 6.45) is 0.862. The van der Waals surface area contributed by atoms with Crippen LogP contribution in [0.2, 0.25) is 0 Å². The smallest absolute Gasteiger partial charge is 0.290 e. The van der Waals surface area contributed by atoms with Gasteiger partial charge in [-0.15, -0.1) is 0 Å². The number of nitrogens with zero attached hydrogens (tertiary/aromatic N) is 3. The monoisotopic (exact) mass is 318 g/mol. The lowest BCUT2D eigenvalue weighted by Gasteiger charge is -2.15. The van der Waals surface area contributed by atoms with Gasteiger partial charge in [0.25, 0.3) is 11.7 Å². The Morgan fingerprint density at radius 3 is 2.87 bits per heavy atom. The van der Waals surface area contributed by atoms with Crippen LogP contribution in [0.15, 0.2) is 22.7 Å². The quantitative estimate of drug-likeness (QED) is 0.744. The summed E-state index contributed by atoms with van der Waals surface area (Å²) in [4.78, 5) is 16.8. The molecular weight excluding hydrogens is 296 g/mol. The minimum Gasteiger partial charge on any atom is -0.493 e. The summed E-state index contributed by atoms with van der Waals surface area (Å²) in [6, 6.07) is 6.17. The fraction of sp³-hybridized carbons (Fsp3) is 0.438. The van der Waals surface area contributed by atoms with E-state index in [0.717, 1.165) is 24.3 Å². The molecule has 0 aliphatic heterocycles. The molecular formula is C16H22N4O3. The molecule has 0 aliphatic rings. The molecule has 0 saturated carbocycles. The number of ether oxygens (including phenoxy) is 1. The van der Waals surface area contributed by atoms with Crippen LogP contribution in [0.1, 0.15) is 34.1 Å². The summed E-state index contributed by atoms with van der Waals surface area (Å²) in [5, 5.41) is 3.51. The van der Waals surface area contributed by atoms with Crippen LogP contribution in [0.3, 0.4) is 0 Å². The molecule has 0 bridgehead atoms. The van der Waals surface area contributed by atoms with Crippen molar-refractivity contribution < 1.29 is 14.1 Å². The number of amides is 1. The van der Waals surface area contributed by atoms with Gasteiger partial charge in [0.1, 0.15) is 5.75 Å². The molecule has 0 atom stereocenters. The van der Waals surface area contributed by atoms with Crippen LogP contribution >= 0.6 is 0 Å². The molecule has 7 heteroatoms. The summed E-state index contributed by atoms with van der Waals surface area (Å²) >= 11 is 0. The van der Waals surface area contributed by atoms with Crippen molar-refractivity contribution in [3.8, 4) is 5.75 Å². The van der Waals surface area contributed by atoms with Crippen molar-refractivity contribution in [2.75, 3.05) is 20.2 Å². The first-order chi connectivity index (χ1) is 11.0. The second-order valence-corrected chi connectivity index (χ2v) is 5.58. The second kappa shape index (κ2) is 7.73. The van der Waals surface area contributed by atoms with Gasteiger partial charge in [-0.05, 0) is 44.5 Å². The highest BCUT2D eigenvalue weighted by molar-refractivity contribution is 5.88. The topological polar surface area (TPSA) is 94.5 Å². The van der Waals surface area contributed by atoms with Crippen molar-refractivity contribution in [2.45, 2.75) is 26.8 Å². The predicted molar refractivity (Wildman–Crippen MR) is 85.2 cm³/mol. The molecule has 7 nitrogen and oxygen atoms in total. The number of nitrogens with two attached hydrogens (primary N) is 1. The lowest BCUT2D eigenvalue weighted by molar-refractivity contribution is 0.0987. The average Bonchev–Trinajstić information content (AvgIpc) is 2.95. The zero-order valence-electron chi connectivity index (χ0n) is 13.7. The molecule has 1 amide bonds. The molecule has 2 N–H and O–H groups in total. The SMILES string of the molecule is Cc1ccc(C)c(OCCCN(C)Cc2nc(C(N)=O)no2)c1. The van der Waals surface area contributed by atoms with Crippen LogP contribution in [0.4, 0.5) is 0 Å². The first kappa shape index (κ1) is 17.0. The van der Waals surface area contributed by atoms with Crippen LogP contribution in [-0.4, -0.2) is 41.1 Å². The number of aryl methyl sites for hydroxylation is 2. The van der Waals surface area contributed by atoms with E-state index in [1.54, 1.807) is 0 Å². The van der Waals surface area contributed by atoms with E-state index in [2.05, 4.69) is 22.3 Å². The maximum Gasteiger partial charge on any atom is 0.290 e. The normalized spacial score (nSPS) is 11.0. The van der Waals surface area contributed by atoms with Gasteiger partial charge in [-0.25, -0.2) is 0 Å². The van der Waals surface area contributed by atoms with Gasteiger partial charge in [0.2, 0.25) is 5.89 Å². The number of hydrogen-bond donors (Lipinski definition) is 1. The van der Waals surface area contributed by atoms with E-state index in [-0.39, 0.29) is 5.82 Å². The molecule has 1 heterocycles. The third-order valence-corrected chi connectivity index (χ3v) is 3.38. The van der Waals surface area contributed by atoms with E-state index < -0.39 is 5.91 Å². The number of carbonyl (C=O) groups excluding carboxylic acids is 1. The van der Waals surface area contributed by atoms with Crippen LogP contribution in [0.25, 0.3) is 0 Å². The average molecular weight is 318 g/mol. The molecule has 2 aromatic rings. The molecule has 23 heavy (non-hydrogen) atoms. The number of hydrogen-bond acceptors (Lipinski definition) is 6. The van der Waals surface area contributed by atoms with Crippen LogP contribution in [0.5, 0.6) is 5.75 Å². The highest BCUT2D eigenvalue weighted by Crippen LogP contribution is 2.19. The third kappa shape index (κ3) is 5.07. The fourth-order valence-corrected chi connectivity index (χ4v) is 2.11. The lowest BCUT2D eigenvalue weighted by Crippen LogP contribution is -2.21. The molecule has 0 aliphatic carbocycles. The van der Waals surface area contributed by atoms with E-state index in [1.807, 2.05) is 31.9 Å². The fourth-order valence-electron chi connectivity index (χ4n) is 2.11. The van der Waals surface area contributed by atoms with Gasteiger partial charge in [0, 0.05) is 6.54 Å². The van der Waals surface area contributed by atoms with Crippen LogP contribution in [0, 0.1) is 13.8 Å². The molecule has 0 spiro atoms. The lowest BCUT2D eigenvalue weighted by atomic mass is 10.1. The zero-order chi connectivity index (χ0) is 16.8. The summed E-state index contributed by atoms with van der Waals surface area (Å²) in [6.45, 7) is 5.98. The molecule has 1 aromatic carbocycles. The predicted octanol–water partition coefficient (Wildman–Crippen LogP) is 1.69. The molecule has 0 fully saturated rings. The van der Waals surface area contributed by atoms with Gasteiger partial charge < -0.3 is 15.0 Å². The minimum atomic E-state index is -0.690. The summed E-state index contributed by atoms with van der Waals surface area (Å²) in [5.41, 5.74) is 7.40. The van der Waals surface area contributed by atoms with E-state index in [4.69, 9.17) is 15.0 Å². The standard InChI is InChI=1S/C16H22N4O3/c1-11-5-6-12(2)13(9-11)22-8-4-7-20(3)10-14-18-16(15(17)21)19-23-14/h5-6,9H,4,7-8,10H2,1-3H3,(H2,17,21). The van der Waals surface area contributed by atoms with Crippen molar-refractivity contribution in [3.05, 3.63) is 41.0 Å². The van der Waals surface area contributed by atoms with Gasteiger partial charge in [-0.1, -0.05) is 17.3 Å². The van der Waals surface area contributed by atoms with Crippen molar-refractivity contribution in [1.29, 1.82) is 0 Å². The summed E-state index contributed by atoms with van der Waals surface area (Å²) in [5.74, 6) is 0.517. The molecule has 1 aromatic heterocycles. The maximum atomic E-state index is 10.9. The van der Waals surface area contributed by atoms with Crippen LogP contribution < -0.4 is 10.5 Å². The Labute approximate surface area is 135 Å². The van der Waals surface area contributed by atoms with Gasteiger partial charge >= 0.3 is 0 Å². The first-order valence-corrected chi connectivity index (χ1v) is 7.46. The Bertz CT molecular complexity index is 669. The van der Waals surface area contributed by atoms with Crippen molar-refractivity contribution in [1.82, 2.24) is 15.0 Å². The Morgan fingerprint density at radius 2 is 2.17 bits per heavy atom. The third-order valence-electron chi connectivity index (χ3n) is 3.38. The first-order valence-electron chi connectivity index (χ1n) is 7.46. The van der Waals surface area contributed by atoms with Crippen molar-refractivity contribution >= 4 is 5.91 Å². The molecule has 2 rings (SSSR count). The van der Waals surface area contributed by atoms with Gasteiger partial charge in [-0.2, -0.15) is 4.98 Å². The van der Waals surface area contributed by atoms with Crippen molar-refractivity contribution in [3.63, 3.8) is 0 Å². The summed E-state index contributed by atoms with van der Waals surface area (Å²) in [7, 11) is 1.94. The number of benzene rings is 1. The molecule has 0 unspecified atom stereocenters. The molecule has 124 valence electrons. The number of rotatable bonds is 8. The Morgan fingerprint density at radius 1 is 1.39 bits per heavy atom. The highest BCUT2D eigenvalue weighted by Gasteiger charge is 2.12. The Kier molecular flexibility index (Phi) is 5.70. The number of primary amides is 1. The zero-order valence-corrected chi connectivity index (χ0v) is 13.7. The Balaban J connectivity index is 1.73. The second-order valence-electron chi connectivity index (χ2n) is 5.58. The minimum absolute atomic E-state index is 0.0911. The van der Waals surface area contributed by atoms with Gasteiger partial charge in [0.15, 0.2) is 0 Å². The highest BCUT2D eigenvalue weighted by atomic mass is 16.5. The van der Waals surface area contributed by atoms with E-state index in [0.29, 0.717) is 19.0 Å².